The second-order valence-corrected chi connectivity index (χ2v) is 8.31. The Labute approximate surface area is 184 Å². The summed E-state index contributed by atoms with van der Waals surface area (Å²) in [6.07, 6.45) is 3.99. The Hall–Kier alpha value is -3.62. The molecule has 3 aromatic heterocycles. The van der Waals surface area contributed by atoms with Crippen LogP contribution in [0.5, 0.6) is 11.5 Å². The fourth-order valence-corrected chi connectivity index (χ4v) is 4.03. The van der Waals surface area contributed by atoms with E-state index in [0.717, 1.165) is 20.9 Å². The Balaban J connectivity index is 1.91. The molecule has 1 aromatic carbocycles. The van der Waals surface area contributed by atoms with Crippen LogP contribution in [0.15, 0.2) is 34.1 Å². The number of benzene rings is 1. The summed E-state index contributed by atoms with van der Waals surface area (Å²) in [5.41, 5.74) is 1.04. The number of aryl methyl sites for hydroxylation is 1. The highest BCUT2D eigenvalue weighted by Crippen LogP contribution is 2.33. The average Bonchev–Trinajstić information content (AvgIpc) is 3.10. The lowest BCUT2D eigenvalue weighted by Gasteiger charge is -2.11. The minimum atomic E-state index is -0.357. The number of hydrogen-bond donors (Lipinski definition) is 0. The first-order chi connectivity index (χ1) is 15.3. The van der Waals surface area contributed by atoms with E-state index < -0.39 is 0 Å². The van der Waals surface area contributed by atoms with Crippen LogP contribution in [0.1, 0.15) is 25.2 Å². The lowest BCUT2D eigenvalue weighted by Crippen LogP contribution is -2.39. The van der Waals surface area contributed by atoms with Crippen molar-refractivity contribution in [2.45, 2.75) is 26.8 Å². The van der Waals surface area contributed by atoms with Gasteiger partial charge in [0.15, 0.2) is 22.7 Å². The van der Waals surface area contributed by atoms with Gasteiger partial charge in [-0.05, 0) is 29.0 Å². The molecule has 168 valence electrons. The molecule has 0 fully saturated rings. The summed E-state index contributed by atoms with van der Waals surface area (Å²) in [6, 6.07) is 3.80. The summed E-state index contributed by atoms with van der Waals surface area (Å²) in [5.74, 6) is 2.15. The van der Waals surface area contributed by atoms with E-state index in [4.69, 9.17) is 14.5 Å². The van der Waals surface area contributed by atoms with E-state index >= 15 is 0 Å². The van der Waals surface area contributed by atoms with Gasteiger partial charge in [0.1, 0.15) is 5.82 Å². The fourth-order valence-electron chi connectivity index (χ4n) is 4.03. The number of aromatic nitrogens is 5. The van der Waals surface area contributed by atoms with Crippen LogP contribution in [0.2, 0.25) is 0 Å². The van der Waals surface area contributed by atoms with Crippen LogP contribution in [-0.4, -0.2) is 37.9 Å². The van der Waals surface area contributed by atoms with Crippen molar-refractivity contribution < 1.29 is 9.47 Å². The monoisotopic (exact) mass is 437 g/mol. The molecule has 0 bridgehead atoms. The van der Waals surface area contributed by atoms with Gasteiger partial charge >= 0.3 is 5.69 Å². The molecule has 0 N–H and O–H groups in total. The standard InChI is InChI=1S/C23H27N5O4/c1-13(2)12-28-21-20(22(29)27(4)23(28)30)26(3)19(25-21)8-15-11-24-10-14-7-17(31-5)18(32-6)9-16(14)15/h7,9-11,13H,8,12H2,1-6H3. The van der Waals surface area contributed by atoms with Crippen LogP contribution >= 0.6 is 0 Å². The minimum Gasteiger partial charge on any atom is -0.493 e. The Morgan fingerprint density at radius 3 is 2.34 bits per heavy atom. The van der Waals surface area contributed by atoms with Gasteiger partial charge < -0.3 is 14.0 Å². The summed E-state index contributed by atoms with van der Waals surface area (Å²) in [6.45, 7) is 4.53. The van der Waals surface area contributed by atoms with E-state index in [-0.39, 0.29) is 17.2 Å². The van der Waals surface area contributed by atoms with Crippen LogP contribution in [0.25, 0.3) is 21.9 Å². The summed E-state index contributed by atoms with van der Waals surface area (Å²) >= 11 is 0. The van der Waals surface area contributed by atoms with Crippen molar-refractivity contribution in [3.8, 4) is 11.5 Å². The van der Waals surface area contributed by atoms with Crippen LogP contribution in [0, 0.1) is 5.92 Å². The second kappa shape index (κ2) is 8.14. The van der Waals surface area contributed by atoms with Gasteiger partial charge in [0.2, 0.25) is 0 Å². The molecule has 3 heterocycles. The Kier molecular flexibility index (Phi) is 5.50. The van der Waals surface area contributed by atoms with E-state index in [1.54, 1.807) is 42.8 Å². The van der Waals surface area contributed by atoms with Crippen LogP contribution in [-0.2, 0) is 27.1 Å². The Morgan fingerprint density at radius 1 is 1.00 bits per heavy atom. The maximum atomic E-state index is 12.9. The second-order valence-electron chi connectivity index (χ2n) is 8.31. The highest BCUT2D eigenvalue weighted by molar-refractivity contribution is 5.88. The van der Waals surface area contributed by atoms with Crippen molar-refractivity contribution in [1.29, 1.82) is 0 Å². The average molecular weight is 438 g/mol. The zero-order valence-electron chi connectivity index (χ0n) is 19.2. The molecule has 0 radical (unpaired) electrons. The highest BCUT2D eigenvalue weighted by Gasteiger charge is 2.20. The first-order valence-corrected chi connectivity index (χ1v) is 10.4. The molecule has 0 aliphatic heterocycles. The molecule has 0 aliphatic rings. The predicted octanol–water partition coefficient (Wildman–Crippen LogP) is 2.25. The molecule has 0 unspecified atom stereocenters. The van der Waals surface area contributed by atoms with E-state index in [2.05, 4.69) is 4.98 Å². The summed E-state index contributed by atoms with van der Waals surface area (Å²) in [5, 5.41) is 1.86. The van der Waals surface area contributed by atoms with Gasteiger partial charge in [0, 0.05) is 44.8 Å². The third kappa shape index (κ3) is 3.43. The molecule has 4 aromatic rings. The minimum absolute atomic E-state index is 0.226. The third-order valence-electron chi connectivity index (χ3n) is 5.69. The summed E-state index contributed by atoms with van der Waals surface area (Å²) < 4.78 is 15.4. The molecular weight excluding hydrogens is 410 g/mol. The molecule has 9 heteroatoms. The maximum Gasteiger partial charge on any atom is 0.332 e. The topological polar surface area (TPSA) is 93.2 Å². The van der Waals surface area contributed by atoms with E-state index in [1.807, 2.05) is 26.0 Å². The van der Waals surface area contributed by atoms with Gasteiger partial charge in [0.05, 0.1) is 14.2 Å². The fraction of sp³-hybridized carbons (Fsp3) is 0.391. The maximum absolute atomic E-state index is 12.9. The molecule has 32 heavy (non-hydrogen) atoms. The number of fused-ring (bicyclic) bond motifs is 2. The molecule has 0 spiro atoms. The lowest BCUT2D eigenvalue weighted by atomic mass is 10.0. The molecule has 0 amide bonds. The number of nitrogens with zero attached hydrogens (tertiary/aromatic N) is 5. The van der Waals surface area contributed by atoms with Gasteiger partial charge in [-0.25, -0.2) is 9.78 Å². The number of ether oxygens (including phenoxy) is 2. The third-order valence-corrected chi connectivity index (χ3v) is 5.69. The zero-order chi connectivity index (χ0) is 23.2. The predicted molar refractivity (Wildman–Crippen MR) is 123 cm³/mol. The smallest absolute Gasteiger partial charge is 0.332 e. The molecule has 0 atom stereocenters. The SMILES string of the molecule is COc1cc2cncc(Cc3nc4c(c(=O)n(C)c(=O)n4CC(C)C)n3C)c2cc1OC. The van der Waals surface area contributed by atoms with Crippen LogP contribution in [0.3, 0.4) is 0 Å². The number of methoxy groups -OCH3 is 2. The lowest BCUT2D eigenvalue weighted by molar-refractivity contribution is 0.356. The highest BCUT2D eigenvalue weighted by atomic mass is 16.5. The molecule has 0 aliphatic carbocycles. The molecule has 4 rings (SSSR count). The molecular formula is C23H27N5O4. The van der Waals surface area contributed by atoms with Crippen molar-refractivity contribution in [3.63, 3.8) is 0 Å². The van der Waals surface area contributed by atoms with E-state index in [9.17, 15) is 9.59 Å². The normalized spacial score (nSPS) is 11.6. The summed E-state index contributed by atoms with van der Waals surface area (Å²) in [4.78, 5) is 34.8. The largest absolute Gasteiger partial charge is 0.493 e. The quantitative estimate of drug-likeness (QED) is 0.459. The van der Waals surface area contributed by atoms with Crippen LogP contribution in [0.4, 0.5) is 0 Å². The van der Waals surface area contributed by atoms with Crippen molar-refractivity contribution in [1.82, 2.24) is 23.7 Å². The number of pyridine rings is 1. The van der Waals surface area contributed by atoms with Crippen molar-refractivity contribution >= 4 is 21.9 Å². The number of hydrogen-bond acceptors (Lipinski definition) is 6. The summed E-state index contributed by atoms with van der Waals surface area (Å²) in [7, 11) is 6.50. The first kappa shape index (κ1) is 21.6. The van der Waals surface area contributed by atoms with E-state index in [0.29, 0.717) is 41.5 Å². The molecule has 0 saturated carbocycles. The van der Waals surface area contributed by atoms with Crippen LogP contribution < -0.4 is 20.7 Å². The Bertz CT molecular complexity index is 1450. The molecule has 9 nitrogen and oxygen atoms in total. The Morgan fingerprint density at radius 2 is 1.69 bits per heavy atom. The van der Waals surface area contributed by atoms with Gasteiger partial charge in [-0.1, -0.05) is 13.8 Å². The molecule has 0 saturated heterocycles. The van der Waals surface area contributed by atoms with Gasteiger partial charge in [-0.3, -0.25) is 18.9 Å². The van der Waals surface area contributed by atoms with Crippen molar-refractivity contribution in [3.05, 3.63) is 56.8 Å². The first-order valence-electron chi connectivity index (χ1n) is 10.4. The zero-order valence-corrected chi connectivity index (χ0v) is 19.2. The number of rotatable bonds is 6. The van der Waals surface area contributed by atoms with Gasteiger partial charge in [-0.2, -0.15) is 0 Å². The number of imidazole rings is 1. The van der Waals surface area contributed by atoms with Gasteiger partial charge in [-0.15, -0.1) is 0 Å². The van der Waals surface area contributed by atoms with Crippen molar-refractivity contribution in [2.75, 3.05) is 14.2 Å². The van der Waals surface area contributed by atoms with Gasteiger partial charge in [0.25, 0.3) is 5.56 Å². The van der Waals surface area contributed by atoms with Crippen molar-refractivity contribution in [2.24, 2.45) is 20.0 Å². The van der Waals surface area contributed by atoms with E-state index in [1.165, 1.54) is 7.05 Å².